The van der Waals surface area contributed by atoms with E-state index in [1.165, 1.54) is 0 Å². The van der Waals surface area contributed by atoms with Crippen molar-refractivity contribution in [3.05, 3.63) is 23.7 Å². The molecule has 0 bridgehead atoms. The van der Waals surface area contributed by atoms with Crippen molar-refractivity contribution in [2.24, 2.45) is 5.92 Å². The second-order valence-corrected chi connectivity index (χ2v) is 5.71. The number of aryl methyl sites for hydroxylation is 1. The summed E-state index contributed by atoms with van der Waals surface area (Å²) >= 11 is 0. The van der Waals surface area contributed by atoms with Gasteiger partial charge in [-0.15, -0.1) is 0 Å². The number of nitrogens with one attached hydrogen (secondary N) is 1. The van der Waals surface area contributed by atoms with Crippen LogP contribution in [0.5, 0.6) is 0 Å². The molecule has 4 heteroatoms. The van der Waals surface area contributed by atoms with Gasteiger partial charge in [0.25, 0.3) is 5.91 Å². The van der Waals surface area contributed by atoms with Gasteiger partial charge in [0, 0.05) is 13.0 Å². The molecule has 1 saturated carbocycles. The Kier molecular flexibility index (Phi) is 4.30. The molecule has 0 atom stereocenters. The molecule has 1 aliphatic rings. The Hall–Kier alpha value is -1.29. The van der Waals surface area contributed by atoms with E-state index in [2.05, 4.69) is 12.2 Å². The minimum Gasteiger partial charge on any atom is -0.456 e. The predicted octanol–water partition coefficient (Wildman–Crippen LogP) is 2.51. The number of hydrogen-bond acceptors (Lipinski definition) is 3. The second kappa shape index (κ2) is 5.78. The van der Waals surface area contributed by atoms with Crippen LogP contribution in [0.4, 0.5) is 0 Å². The number of aliphatic hydroxyl groups is 1. The third-order valence-electron chi connectivity index (χ3n) is 4.02. The van der Waals surface area contributed by atoms with Gasteiger partial charge in [0.05, 0.1) is 5.60 Å². The normalized spacial score (nSPS) is 27.2. The van der Waals surface area contributed by atoms with Gasteiger partial charge >= 0.3 is 0 Å². The van der Waals surface area contributed by atoms with E-state index in [9.17, 15) is 9.90 Å². The van der Waals surface area contributed by atoms with Crippen LogP contribution in [-0.4, -0.2) is 23.2 Å². The first-order valence-electron chi connectivity index (χ1n) is 7.12. The summed E-state index contributed by atoms with van der Waals surface area (Å²) in [6.45, 7) is 4.49. The summed E-state index contributed by atoms with van der Waals surface area (Å²) in [7, 11) is 0. The number of furan rings is 1. The van der Waals surface area contributed by atoms with Crippen molar-refractivity contribution in [2.45, 2.75) is 51.6 Å². The molecule has 1 heterocycles. The zero-order chi connectivity index (χ0) is 13.9. The van der Waals surface area contributed by atoms with Crippen molar-refractivity contribution in [1.29, 1.82) is 0 Å². The maximum absolute atomic E-state index is 11.9. The SMILES string of the molecule is CCc1ccc(C(=O)NCC2(O)CCC(C)CC2)o1. The molecular formula is C15H23NO3. The summed E-state index contributed by atoms with van der Waals surface area (Å²) in [5, 5.41) is 13.2. The fraction of sp³-hybridized carbons (Fsp3) is 0.667. The van der Waals surface area contributed by atoms with Gasteiger partial charge in [-0.3, -0.25) is 4.79 Å². The zero-order valence-corrected chi connectivity index (χ0v) is 11.7. The standard InChI is InChI=1S/C15H23NO3/c1-3-12-4-5-13(19-12)14(17)16-10-15(18)8-6-11(2)7-9-15/h4-5,11,18H,3,6-10H2,1-2H3,(H,16,17). The molecule has 106 valence electrons. The first-order chi connectivity index (χ1) is 9.02. The molecule has 0 unspecified atom stereocenters. The Balaban J connectivity index is 1.86. The zero-order valence-electron chi connectivity index (χ0n) is 11.7. The third-order valence-corrected chi connectivity index (χ3v) is 4.02. The van der Waals surface area contributed by atoms with Crippen LogP contribution >= 0.6 is 0 Å². The van der Waals surface area contributed by atoms with Crippen LogP contribution in [0, 0.1) is 5.92 Å². The van der Waals surface area contributed by atoms with E-state index in [0.717, 1.165) is 37.9 Å². The first-order valence-corrected chi connectivity index (χ1v) is 7.12. The van der Waals surface area contributed by atoms with Crippen LogP contribution in [0.2, 0.25) is 0 Å². The average molecular weight is 265 g/mol. The van der Waals surface area contributed by atoms with Crippen LogP contribution in [0.1, 0.15) is 55.8 Å². The van der Waals surface area contributed by atoms with Gasteiger partial charge in [-0.1, -0.05) is 13.8 Å². The fourth-order valence-electron chi connectivity index (χ4n) is 2.50. The summed E-state index contributed by atoms with van der Waals surface area (Å²) in [6, 6.07) is 3.49. The maximum atomic E-state index is 11.9. The van der Waals surface area contributed by atoms with Crippen molar-refractivity contribution in [3.8, 4) is 0 Å². The van der Waals surface area contributed by atoms with Crippen LogP contribution in [0.15, 0.2) is 16.5 Å². The number of hydrogen-bond donors (Lipinski definition) is 2. The molecular weight excluding hydrogens is 242 g/mol. The lowest BCUT2D eigenvalue weighted by Crippen LogP contribution is -2.45. The highest BCUT2D eigenvalue weighted by Gasteiger charge is 2.32. The van der Waals surface area contributed by atoms with E-state index in [1.54, 1.807) is 6.07 Å². The quantitative estimate of drug-likeness (QED) is 0.879. The molecule has 0 saturated heterocycles. The highest BCUT2D eigenvalue weighted by Crippen LogP contribution is 2.31. The monoisotopic (exact) mass is 265 g/mol. The second-order valence-electron chi connectivity index (χ2n) is 5.71. The summed E-state index contributed by atoms with van der Waals surface area (Å²) in [5.41, 5.74) is -0.748. The van der Waals surface area contributed by atoms with E-state index >= 15 is 0 Å². The Morgan fingerprint density at radius 3 is 2.74 bits per heavy atom. The van der Waals surface area contributed by atoms with Crippen molar-refractivity contribution >= 4 is 5.91 Å². The van der Waals surface area contributed by atoms with Gasteiger partial charge in [-0.2, -0.15) is 0 Å². The van der Waals surface area contributed by atoms with Crippen LogP contribution < -0.4 is 5.32 Å². The third kappa shape index (κ3) is 3.60. The molecule has 1 fully saturated rings. The first kappa shape index (κ1) is 14.1. The molecule has 2 N–H and O–H groups in total. The molecule has 1 amide bonds. The topological polar surface area (TPSA) is 62.5 Å². The summed E-state index contributed by atoms with van der Waals surface area (Å²) < 4.78 is 5.39. The number of amides is 1. The molecule has 4 nitrogen and oxygen atoms in total. The van der Waals surface area contributed by atoms with Crippen molar-refractivity contribution in [2.75, 3.05) is 6.54 Å². The summed E-state index contributed by atoms with van der Waals surface area (Å²) in [4.78, 5) is 11.9. The molecule has 1 aromatic rings. The molecule has 1 aromatic heterocycles. The van der Waals surface area contributed by atoms with Crippen molar-refractivity contribution in [1.82, 2.24) is 5.32 Å². The van der Waals surface area contributed by atoms with Crippen LogP contribution in [0.3, 0.4) is 0 Å². The van der Waals surface area contributed by atoms with Gasteiger partial charge in [0.15, 0.2) is 5.76 Å². The molecule has 19 heavy (non-hydrogen) atoms. The van der Waals surface area contributed by atoms with E-state index < -0.39 is 5.60 Å². The average Bonchev–Trinajstić information content (AvgIpc) is 2.89. The molecule has 0 spiro atoms. The molecule has 0 aromatic carbocycles. The lowest BCUT2D eigenvalue weighted by molar-refractivity contribution is -0.00559. The Morgan fingerprint density at radius 1 is 1.47 bits per heavy atom. The van der Waals surface area contributed by atoms with Gasteiger partial charge in [-0.05, 0) is 43.7 Å². The van der Waals surface area contributed by atoms with Crippen LogP contribution in [0.25, 0.3) is 0 Å². The number of carbonyl (C=O) groups is 1. The molecule has 0 aliphatic heterocycles. The summed E-state index contributed by atoms with van der Waals surface area (Å²) in [6.07, 6.45) is 4.33. The van der Waals surface area contributed by atoms with Gasteiger partial charge in [0.2, 0.25) is 0 Å². The summed E-state index contributed by atoms with van der Waals surface area (Å²) in [5.74, 6) is 1.56. The lowest BCUT2D eigenvalue weighted by atomic mass is 9.79. The maximum Gasteiger partial charge on any atom is 0.287 e. The van der Waals surface area contributed by atoms with Gasteiger partial charge in [-0.25, -0.2) is 0 Å². The Bertz CT molecular complexity index is 430. The number of carbonyl (C=O) groups excluding carboxylic acids is 1. The van der Waals surface area contributed by atoms with E-state index in [-0.39, 0.29) is 5.91 Å². The van der Waals surface area contributed by atoms with Crippen LogP contribution in [-0.2, 0) is 6.42 Å². The van der Waals surface area contributed by atoms with E-state index in [1.807, 2.05) is 13.0 Å². The molecule has 0 radical (unpaired) electrons. The van der Waals surface area contributed by atoms with Gasteiger partial charge < -0.3 is 14.8 Å². The number of rotatable bonds is 4. The highest BCUT2D eigenvalue weighted by atomic mass is 16.3. The largest absolute Gasteiger partial charge is 0.456 e. The van der Waals surface area contributed by atoms with Crippen molar-refractivity contribution in [3.63, 3.8) is 0 Å². The molecule has 2 rings (SSSR count). The van der Waals surface area contributed by atoms with Gasteiger partial charge in [0.1, 0.15) is 5.76 Å². The predicted molar refractivity (Wildman–Crippen MR) is 73.0 cm³/mol. The van der Waals surface area contributed by atoms with Crippen molar-refractivity contribution < 1.29 is 14.3 Å². The van der Waals surface area contributed by atoms with E-state index in [0.29, 0.717) is 18.2 Å². The Morgan fingerprint density at radius 2 is 2.16 bits per heavy atom. The minimum absolute atomic E-state index is 0.244. The minimum atomic E-state index is -0.748. The van der Waals surface area contributed by atoms with E-state index in [4.69, 9.17) is 4.42 Å². The highest BCUT2D eigenvalue weighted by molar-refractivity contribution is 5.91. The molecule has 1 aliphatic carbocycles. The fourth-order valence-corrected chi connectivity index (χ4v) is 2.50. The lowest BCUT2D eigenvalue weighted by Gasteiger charge is -2.34. The smallest absolute Gasteiger partial charge is 0.287 e. The Labute approximate surface area is 114 Å².